The van der Waals surface area contributed by atoms with Crippen LogP contribution in [0.1, 0.15) is 31.2 Å². The van der Waals surface area contributed by atoms with E-state index in [1.807, 2.05) is 24.0 Å². The molecule has 2 nitrogen and oxygen atoms in total. The molecular formula is C13H16BrNO. The van der Waals surface area contributed by atoms with Crippen molar-refractivity contribution in [1.82, 2.24) is 4.90 Å². The molecule has 0 saturated carbocycles. The summed E-state index contributed by atoms with van der Waals surface area (Å²) in [7, 11) is 0. The van der Waals surface area contributed by atoms with Crippen molar-refractivity contribution in [2.24, 2.45) is 0 Å². The molecule has 3 heteroatoms. The molecule has 1 fully saturated rings. The van der Waals surface area contributed by atoms with Gasteiger partial charge in [-0.05, 0) is 37.0 Å². The molecule has 1 heterocycles. The molecule has 0 N–H and O–H groups in total. The van der Waals surface area contributed by atoms with Gasteiger partial charge in [-0.2, -0.15) is 0 Å². The first-order chi connectivity index (χ1) is 7.70. The number of carbonyl (C=O) groups excluding carboxylic acids is 1. The highest BCUT2D eigenvalue weighted by Gasteiger charge is 2.25. The third-order valence-electron chi connectivity index (χ3n) is 3.24. The van der Waals surface area contributed by atoms with Gasteiger partial charge in [-0.15, -0.1) is 0 Å². The Balaban J connectivity index is 2.07. The lowest BCUT2D eigenvalue weighted by molar-refractivity contribution is -0.133. The minimum absolute atomic E-state index is 0.293. The van der Waals surface area contributed by atoms with E-state index in [4.69, 9.17) is 0 Å². The van der Waals surface area contributed by atoms with E-state index in [0.29, 0.717) is 18.2 Å². The van der Waals surface area contributed by atoms with E-state index in [-0.39, 0.29) is 0 Å². The zero-order valence-electron chi connectivity index (χ0n) is 9.45. The number of likely N-dealkylation sites (tertiary alicyclic amines) is 1. The van der Waals surface area contributed by atoms with E-state index in [1.54, 1.807) is 0 Å². The van der Waals surface area contributed by atoms with Crippen molar-refractivity contribution in [3.8, 4) is 0 Å². The van der Waals surface area contributed by atoms with E-state index in [9.17, 15) is 4.79 Å². The van der Waals surface area contributed by atoms with Gasteiger partial charge in [0, 0.05) is 24.0 Å². The summed E-state index contributed by atoms with van der Waals surface area (Å²) in [5.41, 5.74) is 1.28. The highest BCUT2D eigenvalue weighted by atomic mass is 79.9. The Morgan fingerprint density at radius 3 is 2.62 bits per heavy atom. The Morgan fingerprint density at radius 2 is 2.06 bits per heavy atom. The van der Waals surface area contributed by atoms with Gasteiger partial charge >= 0.3 is 0 Å². The standard InChI is InChI=1S/C13H16BrNO/c1-2-15-8-7-11(9-13(15)16)10-3-5-12(14)6-4-10/h3-6,11H,2,7-9H2,1H3. The average Bonchev–Trinajstić information content (AvgIpc) is 2.30. The van der Waals surface area contributed by atoms with Gasteiger partial charge < -0.3 is 4.90 Å². The first kappa shape index (κ1) is 11.6. The van der Waals surface area contributed by atoms with Crippen molar-refractivity contribution in [1.29, 1.82) is 0 Å². The fourth-order valence-electron chi connectivity index (χ4n) is 2.23. The maximum absolute atomic E-state index is 11.8. The van der Waals surface area contributed by atoms with Gasteiger partial charge in [0.05, 0.1) is 0 Å². The van der Waals surface area contributed by atoms with Gasteiger partial charge in [-0.25, -0.2) is 0 Å². The van der Waals surface area contributed by atoms with Crippen molar-refractivity contribution in [3.05, 3.63) is 34.3 Å². The van der Waals surface area contributed by atoms with Crippen molar-refractivity contribution in [2.75, 3.05) is 13.1 Å². The molecule has 0 aliphatic carbocycles. The fraction of sp³-hybridized carbons (Fsp3) is 0.462. The zero-order chi connectivity index (χ0) is 11.5. The highest BCUT2D eigenvalue weighted by Crippen LogP contribution is 2.29. The zero-order valence-corrected chi connectivity index (χ0v) is 11.0. The molecule has 1 aromatic carbocycles. The Labute approximate surface area is 105 Å². The van der Waals surface area contributed by atoms with Crippen LogP contribution in [0, 0.1) is 0 Å². The Hall–Kier alpha value is -0.830. The van der Waals surface area contributed by atoms with E-state index in [1.165, 1.54) is 5.56 Å². The second-order valence-electron chi connectivity index (χ2n) is 4.21. The molecule has 0 spiro atoms. The molecule has 1 aliphatic heterocycles. The number of hydrogen-bond acceptors (Lipinski definition) is 1. The van der Waals surface area contributed by atoms with Crippen LogP contribution in [0.4, 0.5) is 0 Å². The molecule has 1 atom stereocenters. The van der Waals surface area contributed by atoms with Gasteiger partial charge in [0.15, 0.2) is 0 Å². The van der Waals surface area contributed by atoms with Gasteiger partial charge in [0.25, 0.3) is 0 Å². The van der Waals surface area contributed by atoms with Gasteiger partial charge in [-0.1, -0.05) is 28.1 Å². The van der Waals surface area contributed by atoms with Crippen LogP contribution in [0.5, 0.6) is 0 Å². The van der Waals surface area contributed by atoms with E-state index >= 15 is 0 Å². The minimum Gasteiger partial charge on any atom is -0.343 e. The van der Waals surface area contributed by atoms with Crippen LogP contribution in [-0.4, -0.2) is 23.9 Å². The second kappa shape index (κ2) is 5.00. The number of amides is 1. The van der Waals surface area contributed by atoms with E-state index < -0.39 is 0 Å². The molecule has 2 rings (SSSR count). The molecule has 16 heavy (non-hydrogen) atoms. The Morgan fingerprint density at radius 1 is 1.38 bits per heavy atom. The summed E-state index contributed by atoms with van der Waals surface area (Å²) >= 11 is 3.43. The predicted octanol–water partition coefficient (Wildman–Crippen LogP) is 3.18. The van der Waals surface area contributed by atoms with Gasteiger partial charge in [-0.3, -0.25) is 4.79 Å². The maximum Gasteiger partial charge on any atom is 0.223 e. The van der Waals surface area contributed by atoms with Crippen molar-refractivity contribution in [2.45, 2.75) is 25.7 Å². The number of halogens is 1. The lowest BCUT2D eigenvalue weighted by Crippen LogP contribution is -2.37. The number of hydrogen-bond donors (Lipinski definition) is 0. The molecule has 1 unspecified atom stereocenters. The van der Waals surface area contributed by atoms with Crippen LogP contribution in [0.2, 0.25) is 0 Å². The lowest BCUT2D eigenvalue weighted by atomic mass is 9.89. The molecular weight excluding hydrogens is 266 g/mol. The molecule has 1 aromatic rings. The molecule has 1 saturated heterocycles. The summed E-state index contributed by atoms with van der Waals surface area (Å²) in [5, 5.41) is 0. The smallest absolute Gasteiger partial charge is 0.223 e. The Kier molecular flexibility index (Phi) is 3.64. The number of carbonyl (C=O) groups is 1. The first-order valence-electron chi connectivity index (χ1n) is 5.74. The number of benzene rings is 1. The van der Waals surface area contributed by atoms with Gasteiger partial charge in [0.1, 0.15) is 0 Å². The monoisotopic (exact) mass is 281 g/mol. The minimum atomic E-state index is 0.293. The predicted molar refractivity (Wildman–Crippen MR) is 68.4 cm³/mol. The fourth-order valence-corrected chi connectivity index (χ4v) is 2.50. The molecule has 1 amide bonds. The summed E-state index contributed by atoms with van der Waals surface area (Å²) in [6.07, 6.45) is 1.75. The maximum atomic E-state index is 11.8. The summed E-state index contributed by atoms with van der Waals surface area (Å²) in [6.45, 7) is 3.78. The number of rotatable bonds is 2. The van der Waals surface area contributed by atoms with Crippen molar-refractivity contribution in [3.63, 3.8) is 0 Å². The normalized spacial score (nSPS) is 21.2. The summed E-state index contributed by atoms with van der Waals surface area (Å²) in [5.74, 6) is 0.699. The van der Waals surface area contributed by atoms with Crippen LogP contribution >= 0.6 is 15.9 Å². The largest absolute Gasteiger partial charge is 0.343 e. The molecule has 86 valence electrons. The SMILES string of the molecule is CCN1CCC(c2ccc(Br)cc2)CC1=O. The third kappa shape index (κ3) is 2.46. The summed E-state index contributed by atoms with van der Waals surface area (Å²) < 4.78 is 1.09. The number of piperidine rings is 1. The van der Waals surface area contributed by atoms with Crippen molar-refractivity contribution < 1.29 is 4.79 Å². The lowest BCUT2D eigenvalue weighted by Gasteiger charge is -2.31. The molecule has 0 bridgehead atoms. The van der Waals surface area contributed by atoms with Crippen LogP contribution in [0.15, 0.2) is 28.7 Å². The quantitative estimate of drug-likeness (QED) is 0.816. The number of nitrogens with zero attached hydrogens (tertiary/aromatic N) is 1. The van der Waals surface area contributed by atoms with Crippen LogP contribution in [-0.2, 0) is 4.79 Å². The third-order valence-corrected chi connectivity index (χ3v) is 3.77. The highest BCUT2D eigenvalue weighted by molar-refractivity contribution is 9.10. The molecule has 1 aliphatic rings. The second-order valence-corrected chi connectivity index (χ2v) is 5.13. The Bertz CT molecular complexity index is 374. The first-order valence-corrected chi connectivity index (χ1v) is 6.53. The molecule has 0 radical (unpaired) electrons. The summed E-state index contributed by atoms with van der Waals surface area (Å²) in [4.78, 5) is 13.7. The summed E-state index contributed by atoms with van der Waals surface area (Å²) in [6, 6.07) is 8.32. The van der Waals surface area contributed by atoms with Crippen LogP contribution < -0.4 is 0 Å². The van der Waals surface area contributed by atoms with Gasteiger partial charge in [0.2, 0.25) is 5.91 Å². The topological polar surface area (TPSA) is 20.3 Å². The molecule has 0 aromatic heterocycles. The van der Waals surface area contributed by atoms with Crippen molar-refractivity contribution >= 4 is 21.8 Å². The average molecular weight is 282 g/mol. The van der Waals surface area contributed by atoms with E-state index in [2.05, 4.69) is 28.1 Å². The van der Waals surface area contributed by atoms with E-state index in [0.717, 1.165) is 24.0 Å². The van der Waals surface area contributed by atoms with Crippen LogP contribution in [0.3, 0.4) is 0 Å². The van der Waals surface area contributed by atoms with Crippen LogP contribution in [0.25, 0.3) is 0 Å².